The fourth-order valence-corrected chi connectivity index (χ4v) is 2.89. The maximum absolute atomic E-state index is 6.09. The van der Waals surface area contributed by atoms with Crippen LogP contribution in [0.2, 0.25) is 0 Å². The maximum atomic E-state index is 6.09. The molecule has 0 aliphatic heterocycles. The molecule has 2 fully saturated rings. The van der Waals surface area contributed by atoms with Crippen LogP contribution in [0.15, 0.2) is 12.1 Å². The van der Waals surface area contributed by atoms with Crippen LogP contribution < -0.4 is 10.1 Å². The normalized spacial score (nSPS) is 19.4. The van der Waals surface area contributed by atoms with E-state index in [2.05, 4.69) is 29.4 Å². The fourth-order valence-electron chi connectivity index (χ4n) is 2.89. The van der Waals surface area contributed by atoms with E-state index in [1.165, 1.54) is 49.8 Å². The van der Waals surface area contributed by atoms with E-state index in [-0.39, 0.29) is 0 Å². The molecule has 0 bridgehead atoms. The zero-order valence-corrected chi connectivity index (χ0v) is 12.5. The highest BCUT2D eigenvalue weighted by molar-refractivity contribution is 5.26. The minimum atomic E-state index is 0.392. The number of hydrogen-bond donors (Lipinski definition) is 1. The Morgan fingerprint density at radius 1 is 1.20 bits per heavy atom. The molecule has 0 unspecified atom stereocenters. The second-order valence-electron chi connectivity index (χ2n) is 6.23. The Hall–Kier alpha value is -1.09. The monoisotopic (exact) mass is 274 g/mol. The van der Waals surface area contributed by atoms with E-state index in [4.69, 9.17) is 4.74 Å². The first-order chi connectivity index (χ1) is 9.83. The van der Waals surface area contributed by atoms with Gasteiger partial charge in [0.15, 0.2) is 0 Å². The van der Waals surface area contributed by atoms with Crippen LogP contribution in [0.1, 0.15) is 63.1 Å². The quantitative estimate of drug-likeness (QED) is 0.825. The standard InChI is InChI=1S/C17H26N2O/c1-2-5-15-10-13(12-18-14-8-9-14)11-17(19-15)20-16-6-3-4-7-16/h10-11,14,16,18H,2-9,12H2,1H3. The number of pyridine rings is 1. The molecule has 0 radical (unpaired) electrons. The molecule has 0 amide bonds. The molecule has 0 aromatic carbocycles. The van der Waals surface area contributed by atoms with Gasteiger partial charge < -0.3 is 10.1 Å². The third kappa shape index (κ3) is 3.95. The number of rotatable bonds is 7. The molecular formula is C17H26N2O. The average Bonchev–Trinajstić information content (AvgIpc) is 3.13. The molecule has 2 aliphatic rings. The lowest BCUT2D eigenvalue weighted by atomic mass is 10.1. The fraction of sp³-hybridized carbons (Fsp3) is 0.706. The number of aromatic nitrogens is 1. The van der Waals surface area contributed by atoms with Crippen molar-refractivity contribution in [2.75, 3.05) is 0 Å². The van der Waals surface area contributed by atoms with Crippen LogP contribution in [0.3, 0.4) is 0 Å². The number of ether oxygens (including phenoxy) is 1. The lowest BCUT2D eigenvalue weighted by Crippen LogP contribution is -2.17. The summed E-state index contributed by atoms with van der Waals surface area (Å²) >= 11 is 0. The molecule has 2 saturated carbocycles. The van der Waals surface area contributed by atoms with Crippen molar-refractivity contribution < 1.29 is 4.74 Å². The van der Waals surface area contributed by atoms with Gasteiger partial charge in [0.1, 0.15) is 6.10 Å². The summed E-state index contributed by atoms with van der Waals surface area (Å²) in [6.07, 6.45) is 10.2. The average molecular weight is 274 g/mol. The summed E-state index contributed by atoms with van der Waals surface area (Å²) in [5.74, 6) is 0.843. The van der Waals surface area contributed by atoms with Crippen molar-refractivity contribution >= 4 is 0 Å². The summed E-state index contributed by atoms with van der Waals surface area (Å²) in [7, 11) is 0. The van der Waals surface area contributed by atoms with Gasteiger partial charge in [0.05, 0.1) is 0 Å². The number of nitrogens with zero attached hydrogens (tertiary/aromatic N) is 1. The number of aryl methyl sites for hydroxylation is 1. The summed E-state index contributed by atoms with van der Waals surface area (Å²) in [4.78, 5) is 4.68. The van der Waals surface area contributed by atoms with Gasteiger partial charge in [-0.3, -0.25) is 0 Å². The van der Waals surface area contributed by atoms with Gasteiger partial charge in [-0.2, -0.15) is 0 Å². The van der Waals surface area contributed by atoms with Crippen LogP contribution in [0.4, 0.5) is 0 Å². The van der Waals surface area contributed by atoms with Crippen LogP contribution in [-0.2, 0) is 13.0 Å². The van der Waals surface area contributed by atoms with Crippen LogP contribution in [0.25, 0.3) is 0 Å². The molecule has 0 spiro atoms. The van der Waals surface area contributed by atoms with Gasteiger partial charge >= 0.3 is 0 Å². The summed E-state index contributed by atoms with van der Waals surface area (Å²) in [5.41, 5.74) is 2.50. The van der Waals surface area contributed by atoms with Crippen molar-refractivity contribution in [1.82, 2.24) is 10.3 Å². The van der Waals surface area contributed by atoms with E-state index in [1.54, 1.807) is 0 Å². The molecule has 0 atom stereocenters. The molecule has 1 N–H and O–H groups in total. The van der Waals surface area contributed by atoms with Crippen LogP contribution in [0, 0.1) is 0 Å². The molecule has 1 heterocycles. The third-order valence-corrected chi connectivity index (χ3v) is 4.18. The summed E-state index contributed by atoms with van der Waals surface area (Å²) in [5, 5.41) is 3.58. The Balaban J connectivity index is 1.68. The van der Waals surface area contributed by atoms with Crippen molar-refractivity contribution in [3.63, 3.8) is 0 Å². The van der Waals surface area contributed by atoms with Crippen LogP contribution >= 0.6 is 0 Å². The minimum Gasteiger partial charge on any atom is -0.474 e. The van der Waals surface area contributed by atoms with Gasteiger partial charge in [0, 0.05) is 24.3 Å². The topological polar surface area (TPSA) is 34.1 Å². The first-order valence-electron chi connectivity index (χ1n) is 8.23. The first-order valence-corrected chi connectivity index (χ1v) is 8.23. The van der Waals surface area contributed by atoms with E-state index in [0.29, 0.717) is 6.10 Å². The van der Waals surface area contributed by atoms with Gasteiger partial charge in [-0.25, -0.2) is 4.98 Å². The predicted molar refractivity (Wildman–Crippen MR) is 81.0 cm³/mol. The Morgan fingerprint density at radius 2 is 2.00 bits per heavy atom. The highest BCUT2D eigenvalue weighted by Gasteiger charge is 2.21. The van der Waals surface area contributed by atoms with Gasteiger partial charge in [-0.05, 0) is 56.6 Å². The Morgan fingerprint density at radius 3 is 2.70 bits per heavy atom. The van der Waals surface area contributed by atoms with Gasteiger partial charge in [-0.1, -0.05) is 13.3 Å². The van der Waals surface area contributed by atoms with Crippen molar-refractivity contribution in [3.05, 3.63) is 23.4 Å². The van der Waals surface area contributed by atoms with Crippen molar-refractivity contribution in [2.45, 2.75) is 77.0 Å². The number of nitrogens with one attached hydrogen (secondary N) is 1. The van der Waals surface area contributed by atoms with E-state index in [1.807, 2.05) is 0 Å². The van der Waals surface area contributed by atoms with Crippen LogP contribution in [0.5, 0.6) is 5.88 Å². The molecule has 3 nitrogen and oxygen atoms in total. The summed E-state index contributed by atoms with van der Waals surface area (Å²) in [6, 6.07) is 5.12. The molecule has 3 rings (SSSR count). The van der Waals surface area contributed by atoms with Crippen molar-refractivity contribution in [3.8, 4) is 5.88 Å². The molecule has 20 heavy (non-hydrogen) atoms. The largest absolute Gasteiger partial charge is 0.474 e. The minimum absolute atomic E-state index is 0.392. The molecular weight excluding hydrogens is 248 g/mol. The van der Waals surface area contributed by atoms with Gasteiger partial charge in [-0.15, -0.1) is 0 Å². The van der Waals surface area contributed by atoms with Gasteiger partial charge in [0.2, 0.25) is 5.88 Å². The smallest absolute Gasteiger partial charge is 0.214 e. The maximum Gasteiger partial charge on any atom is 0.214 e. The predicted octanol–water partition coefficient (Wildman–Crippen LogP) is 3.61. The second-order valence-corrected chi connectivity index (χ2v) is 6.23. The molecule has 3 heteroatoms. The van der Waals surface area contributed by atoms with E-state index < -0.39 is 0 Å². The van der Waals surface area contributed by atoms with Crippen molar-refractivity contribution in [1.29, 1.82) is 0 Å². The molecule has 0 saturated heterocycles. The zero-order valence-electron chi connectivity index (χ0n) is 12.5. The molecule has 110 valence electrons. The Labute approximate surface area is 122 Å². The highest BCUT2D eigenvalue weighted by Crippen LogP contribution is 2.25. The Kier molecular flexibility index (Phi) is 4.56. The third-order valence-electron chi connectivity index (χ3n) is 4.18. The van der Waals surface area contributed by atoms with E-state index >= 15 is 0 Å². The van der Waals surface area contributed by atoms with E-state index in [9.17, 15) is 0 Å². The zero-order chi connectivity index (χ0) is 13.8. The summed E-state index contributed by atoms with van der Waals surface area (Å²) in [6.45, 7) is 3.15. The van der Waals surface area contributed by atoms with Crippen LogP contribution in [-0.4, -0.2) is 17.1 Å². The number of hydrogen-bond acceptors (Lipinski definition) is 3. The molecule has 1 aromatic rings. The SMILES string of the molecule is CCCc1cc(CNC2CC2)cc(OC2CCCC2)n1. The lowest BCUT2D eigenvalue weighted by Gasteiger charge is -2.14. The molecule has 1 aromatic heterocycles. The van der Waals surface area contributed by atoms with E-state index in [0.717, 1.165) is 31.3 Å². The molecule has 2 aliphatic carbocycles. The summed E-state index contributed by atoms with van der Waals surface area (Å²) < 4.78 is 6.09. The Bertz CT molecular complexity index is 437. The van der Waals surface area contributed by atoms with Gasteiger partial charge in [0.25, 0.3) is 0 Å². The highest BCUT2D eigenvalue weighted by atomic mass is 16.5. The second kappa shape index (κ2) is 6.57. The van der Waals surface area contributed by atoms with Crippen molar-refractivity contribution in [2.24, 2.45) is 0 Å². The lowest BCUT2D eigenvalue weighted by molar-refractivity contribution is 0.200. The first kappa shape index (κ1) is 13.9.